The number of ketones is 1. The Bertz CT molecular complexity index is 2820. The summed E-state index contributed by atoms with van der Waals surface area (Å²) in [5.41, 5.74) is 9.10. The van der Waals surface area contributed by atoms with Crippen molar-refractivity contribution in [2.75, 3.05) is 0 Å². The molecule has 10 aromatic heterocycles. The van der Waals surface area contributed by atoms with Gasteiger partial charge in [-0.2, -0.15) is 0 Å². The van der Waals surface area contributed by atoms with Crippen molar-refractivity contribution >= 4 is 65.6 Å². The number of hydrogen-bond acceptors (Lipinski definition) is 11. The molecule has 0 aliphatic carbocycles. The van der Waals surface area contributed by atoms with Crippen molar-refractivity contribution in [2.45, 2.75) is 13.8 Å². The van der Waals surface area contributed by atoms with E-state index in [-0.39, 0.29) is 25.3 Å². The Hall–Kier alpha value is -6.44. The van der Waals surface area contributed by atoms with Crippen LogP contribution in [-0.4, -0.2) is 50.2 Å². The maximum absolute atomic E-state index is 9.75. The molecule has 0 saturated heterocycles. The first-order chi connectivity index (χ1) is 33.5. The molecule has 0 aliphatic rings. The Morgan fingerprint density at radius 2 is 0.648 bits per heavy atom. The summed E-state index contributed by atoms with van der Waals surface area (Å²) in [6.45, 7) is 3.06. The molecule has 7 nitrogen and oxygen atoms in total. The van der Waals surface area contributed by atoms with Crippen LogP contribution in [-0.2, 0) is 24.3 Å². The van der Waals surface area contributed by atoms with Gasteiger partial charge in [-0.3, -0.25) is 19.9 Å². The van der Waals surface area contributed by atoms with Gasteiger partial charge >= 0.3 is 34.0 Å². The zero-order valence-corrected chi connectivity index (χ0v) is 43.7. The molecule has 10 heterocycles. The third-order valence-corrected chi connectivity index (χ3v) is 13.1. The summed E-state index contributed by atoms with van der Waals surface area (Å²) in [6, 6.07) is 49.2. The first-order valence-electron chi connectivity index (χ1n) is 20.7. The average Bonchev–Trinajstić information content (AvgIpc) is 4.20. The SMILES string of the molecule is CC(C)=O.F[B-](F)(F)F.F[B-](F)(F)F.[Zn+2].c1ccc(-c2cc(-c3ccc(-c4cccs4)s3)cc(-c3ccccn3)n2)nc1.c1ccc(-c2cc(-c3ccc(-c4cccs4)s3)cc(-c3ccccn3)n2)nc1. The summed E-state index contributed by atoms with van der Waals surface area (Å²) in [6.07, 6.45) is 7.18. The fourth-order valence-electron chi connectivity index (χ4n) is 6.02. The van der Waals surface area contributed by atoms with Gasteiger partial charge in [0.05, 0.1) is 45.6 Å². The molecule has 10 aromatic rings. The summed E-state index contributed by atoms with van der Waals surface area (Å²) in [5.74, 6) is 0.167. The number of Topliss-reactive ketones (excluding diaryl/α,β-unsaturated/α-hetero) is 1. The first kappa shape index (κ1) is 55.5. The van der Waals surface area contributed by atoms with Crippen LogP contribution >= 0.6 is 45.3 Å². The van der Waals surface area contributed by atoms with Crippen LogP contribution in [0.2, 0.25) is 0 Å². The second-order valence-corrected chi connectivity index (χ2v) is 18.4. The van der Waals surface area contributed by atoms with Gasteiger partial charge in [0.2, 0.25) is 0 Å². The number of aromatic nitrogens is 6. The van der Waals surface area contributed by atoms with Crippen molar-refractivity contribution in [3.05, 3.63) is 181 Å². The minimum atomic E-state index is -6.00. The van der Waals surface area contributed by atoms with Crippen molar-refractivity contribution < 1.29 is 58.8 Å². The molecule has 0 aromatic carbocycles. The van der Waals surface area contributed by atoms with Gasteiger partial charge in [-0.25, -0.2) is 9.97 Å². The molecule has 0 N–H and O–H groups in total. The maximum atomic E-state index is 9.75. The Balaban J connectivity index is 0.000000207. The van der Waals surface area contributed by atoms with E-state index in [1.54, 1.807) is 70.1 Å². The molecule has 0 radical (unpaired) electrons. The molecule has 10 rings (SSSR count). The molecule has 356 valence electrons. The molecule has 71 heavy (non-hydrogen) atoms. The second-order valence-electron chi connectivity index (χ2n) is 14.3. The van der Waals surface area contributed by atoms with Crippen molar-refractivity contribution in [2.24, 2.45) is 0 Å². The fraction of sp³-hybridized carbons (Fsp3) is 0.0408. The van der Waals surface area contributed by atoms with Crippen LogP contribution in [0.5, 0.6) is 0 Å². The van der Waals surface area contributed by atoms with Crippen LogP contribution in [0.1, 0.15) is 13.8 Å². The second kappa shape index (κ2) is 26.7. The molecule has 0 aliphatic heterocycles. The van der Waals surface area contributed by atoms with Crippen LogP contribution in [0.4, 0.5) is 34.5 Å². The quantitative estimate of drug-likeness (QED) is 0.110. The summed E-state index contributed by atoms with van der Waals surface area (Å²) in [4.78, 5) is 44.6. The molecular formula is C49H36B2F8N6OS4Zn. The van der Waals surface area contributed by atoms with E-state index in [1.807, 2.05) is 72.8 Å². The summed E-state index contributed by atoms with van der Waals surface area (Å²) < 4.78 is 78.0. The van der Waals surface area contributed by atoms with E-state index in [4.69, 9.17) is 9.97 Å². The molecule has 0 amide bonds. The third-order valence-electron chi connectivity index (χ3n) is 8.67. The fourth-order valence-corrected chi connectivity index (χ4v) is 9.67. The standard InChI is InChI=1S/2C23H15N3S2.C3H6O.2BF4.Zn/c2*1-3-11-24-17(6-1)19-14-16(15-20(26-19)18-7-2-4-12-25-18)21-9-10-23(28-21)22-8-5-13-27-22;1-3(2)4;2*2-1(3,4)5;/h2*1-15H;1-2H3;;;/q;;;2*-1;+2. The predicted octanol–water partition coefficient (Wildman–Crippen LogP) is 16.5. The molecular weight excluding hydrogens is 1060 g/mol. The molecule has 0 atom stereocenters. The zero-order chi connectivity index (χ0) is 50.1. The number of hydrogen-bond donors (Lipinski definition) is 0. The van der Waals surface area contributed by atoms with E-state index in [1.165, 1.54) is 43.1 Å². The van der Waals surface area contributed by atoms with Crippen LogP contribution in [0.3, 0.4) is 0 Å². The average molecular weight is 1090 g/mol. The van der Waals surface area contributed by atoms with E-state index in [0.29, 0.717) is 0 Å². The first-order valence-corrected chi connectivity index (χ1v) is 24.1. The van der Waals surface area contributed by atoms with Crippen molar-refractivity contribution in [1.82, 2.24) is 29.9 Å². The van der Waals surface area contributed by atoms with E-state index in [9.17, 15) is 39.3 Å². The van der Waals surface area contributed by atoms with Crippen molar-refractivity contribution in [1.29, 1.82) is 0 Å². The summed E-state index contributed by atoms with van der Waals surface area (Å²) in [5, 5.41) is 4.22. The number of nitrogens with zero attached hydrogens (tertiary/aromatic N) is 6. The monoisotopic (exact) mass is 1090 g/mol. The molecule has 0 unspecified atom stereocenters. The summed E-state index contributed by atoms with van der Waals surface area (Å²) >= 11 is 7.11. The van der Waals surface area contributed by atoms with Crippen LogP contribution in [0, 0.1) is 0 Å². The number of thiophene rings is 4. The molecule has 0 fully saturated rings. The van der Waals surface area contributed by atoms with Gasteiger partial charge in [-0.05, 0) is 145 Å². The van der Waals surface area contributed by atoms with Crippen LogP contribution in [0.25, 0.3) is 85.9 Å². The Morgan fingerprint density at radius 3 is 0.873 bits per heavy atom. The van der Waals surface area contributed by atoms with Crippen molar-refractivity contribution in [3.63, 3.8) is 0 Å². The van der Waals surface area contributed by atoms with E-state index >= 15 is 0 Å². The van der Waals surface area contributed by atoms with E-state index in [0.717, 1.165) is 56.7 Å². The van der Waals surface area contributed by atoms with Gasteiger partial charge in [0.25, 0.3) is 0 Å². The Morgan fingerprint density at radius 1 is 0.380 bits per heavy atom. The van der Waals surface area contributed by atoms with Crippen LogP contribution in [0.15, 0.2) is 181 Å². The van der Waals surface area contributed by atoms with Gasteiger partial charge < -0.3 is 39.3 Å². The molecule has 22 heteroatoms. The Kier molecular flexibility index (Phi) is 20.9. The minimum absolute atomic E-state index is 0. The van der Waals surface area contributed by atoms with Crippen LogP contribution < -0.4 is 0 Å². The van der Waals surface area contributed by atoms with Gasteiger partial charge in [0.1, 0.15) is 5.78 Å². The predicted molar refractivity (Wildman–Crippen MR) is 271 cm³/mol. The maximum Gasteiger partial charge on any atom is 2.00 e. The zero-order valence-electron chi connectivity index (χ0n) is 37.4. The largest absolute Gasteiger partial charge is 2.00 e. The number of carbonyl (C=O) groups is 1. The van der Waals surface area contributed by atoms with Gasteiger partial charge in [-0.15, -0.1) is 45.3 Å². The van der Waals surface area contributed by atoms with E-state index < -0.39 is 14.5 Å². The van der Waals surface area contributed by atoms with Gasteiger partial charge in [0, 0.05) is 54.1 Å². The smallest absolute Gasteiger partial charge is 0.418 e. The van der Waals surface area contributed by atoms with Crippen molar-refractivity contribution in [3.8, 4) is 85.9 Å². The molecule has 0 bridgehead atoms. The van der Waals surface area contributed by atoms with Gasteiger partial charge in [-0.1, -0.05) is 36.4 Å². The summed E-state index contributed by atoms with van der Waals surface area (Å²) in [7, 11) is -12.0. The van der Waals surface area contributed by atoms with E-state index in [2.05, 4.69) is 103 Å². The number of halogens is 8. The minimum Gasteiger partial charge on any atom is -0.418 e. The number of pyridine rings is 6. The number of rotatable bonds is 8. The Labute approximate surface area is 432 Å². The third kappa shape index (κ3) is 18.7. The number of carbonyl (C=O) groups excluding carboxylic acids is 1. The topological polar surface area (TPSA) is 94.4 Å². The normalized spacial score (nSPS) is 10.6. The molecule has 0 spiro atoms. The van der Waals surface area contributed by atoms with Gasteiger partial charge in [0.15, 0.2) is 0 Å². The molecule has 0 saturated carbocycles.